The van der Waals surface area contributed by atoms with E-state index in [1.54, 1.807) is 0 Å². The fourth-order valence-corrected chi connectivity index (χ4v) is 3.24. The molecule has 3 heteroatoms. The zero-order valence-corrected chi connectivity index (χ0v) is 12.9. The second-order valence-corrected chi connectivity index (χ2v) is 6.02. The Balaban J connectivity index is 2.46. The highest BCUT2D eigenvalue weighted by Crippen LogP contribution is 2.23. The van der Waals surface area contributed by atoms with Gasteiger partial charge in [-0.1, -0.05) is 33.1 Å². The number of carbonyl (C=O) groups is 1. The van der Waals surface area contributed by atoms with Crippen molar-refractivity contribution in [3.8, 4) is 0 Å². The van der Waals surface area contributed by atoms with Gasteiger partial charge in [0.2, 0.25) is 5.91 Å². The summed E-state index contributed by atoms with van der Waals surface area (Å²) in [6.45, 7) is 6.34. The summed E-state index contributed by atoms with van der Waals surface area (Å²) in [4.78, 5) is 14.2. The summed E-state index contributed by atoms with van der Waals surface area (Å²) in [5.41, 5.74) is 0. The highest BCUT2D eigenvalue weighted by atomic mass is 32.1. The highest BCUT2D eigenvalue weighted by Gasteiger charge is 2.23. The molecule has 1 saturated heterocycles. The topological polar surface area (TPSA) is 20.3 Å². The molecule has 0 aliphatic carbocycles. The summed E-state index contributed by atoms with van der Waals surface area (Å²) in [7, 11) is 0. The molecule has 1 fully saturated rings. The van der Waals surface area contributed by atoms with Crippen LogP contribution in [-0.2, 0) is 4.79 Å². The molecule has 1 aliphatic heterocycles. The lowest BCUT2D eigenvalue weighted by molar-refractivity contribution is -0.131. The Morgan fingerprint density at radius 3 is 2.72 bits per heavy atom. The van der Waals surface area contributed by atoms with E-state index < -0.39 is 0 Å². The predicted molar refractivity (Wildman–Crippen MR) is 81.1 cm³/mol. The van der Waals surface area contributed by atoms with Crippen molar-refractivity contribution in [2.45, 2.75) is 58.8 Å². The van der Waals surface area contributed by atoms with Crippen molar-refractivity contribution < 1.29 is 4.79 Å². The first-order valence-corrected chi connectivity index (χ1v) is 8.23. The van der Waals surface area contributed by atoms with Crippen molar-refractivity contribution in [2.75, 3.05) is 18.8 Å². The molecule has 0 aromatic rings. The molecule has 0 spiro atoms. The third-order valence-electron chi connectivity index (χ3n) is 4.06. The Labute approximate surface area is 118 Å². The monoisotopic (exact) mass is 271 g/mol. The van der Waals surface area contributed by atoms with E-state index in [9.17, 15) is 4.79 Å². The van der Waals surface area contributed by atoms with Gasteiger partial charge in [-0.15, -0.1) is 0 Å². The molecule has 2 nitrogen and oxygen atoms in total. The van der Waals surface area contributed by atoms with Gasteiger partial charge in [0.25, 0.3) is 0 Å². The molecule has 0 radical (unpaired) electrons. The molecule has 1 rings (SSSR count). The maximum atomic E-state index is 12.1. The average molecular weight is 271 g/mol. The van der Waals surface area contributed by atoms with Crippen LogP contribution in [0.25, 0.3) is 0 Å². The largest absolute Gasteiger partial charge is 0.342 e. The molecule has 0 N–H and O–H groups in total. The van der Waals surface area contributed by atoms with Crippen LogP contribution < -0.4 is 0 Å². The third-order valence-corrected chi connectivity index (χ3v) is 4.57. The molecule has 0 aromatic carbocycles. The number of likely N-dealkylation sites (tertiary alicyclic amines) is 1. The van der Waals surface area contributed by atoms with Crippen LogP contribution in [-0.4, -0.2) is 29.6 Å². The summed E-state index contributed by atoms with van der Waals surface area (Å²) in [6.07, 6.45) is 7.96. The maximum Gasteiger partial charge on any atom is 0.222 e. The van der Waals surface area contributed by atoms with Crippen molar-refractivity contribution >= 4 is 18.5 Å². The van der Waals surface area contributed by atoms with Gasteiger partial charge in [-0.05, 0) is 36.9 Å². The zero-order valence-electron chi connectivity index (χ0n) is 12.0. The molecule has 2 unspecified atom stereocenters. The van der Waals surface area contributed by atoms with E-state index in [1.807, 2.05) is 0 Å². The Bertz CT molecular complexity index is 245. The van der Waals surface area contributed by atoms with E-state index in [4.69, 9.17) is 0 Å². The second-order valence-electron chi connectivity index (χ2n) is 5.66. The number of hydrogen-bond acceptors (Lipinski definition) is 2. The van der Waals surface area contributed by atoms with Gasteiger partial charge in [0, 0.05) is 19.5 Å². The van der Waals surface area contributed by atoms with Crippen LogP contribution >= 0.6 is 12.6 Å². The smallest absolute Gasteiger partial charge is 0.222 e. The predicted octanol–water partition coefficient (Wildman–Crippen LogP) is 3.76. The van der Waals surface area contributed by atoms with Gasteiger partial charge in [-0.3, -0.25) is 4.79 Å². The van der Waals surface area contributed by atoms with Crippen LogP contribution in [0.1, 0.15) is 58.8 Å². The molecular weight excluding hydrogens is 242 g/mol. The highest BCUT2D eigenvalue weighted by molar-refractivity contribution is 7.80. The van der Waals surface area contributed by atoms with E-state index in [0.29, 0.717) is 11.8 Å². The fraction of sp³-hybridized carbons (Fsp3) is 0.933. The van der Waals surface area contributed by atoms with Gasteiger partial charge in [-0.2, -0.15) is 12.6 Å². The lowest BCUT2D eigenvalue weighted by Gasteiger charge is -2.25. The summed E-state index contributed by atoms with van der Waals surface area (Å²) in [6, 6.07) is 0. The van der Waals surface area contributed by atoms with Crippen molar-refractivity contribution in [1.82, 2.24) is 4.90 Å². The van der Waals surface area contributed by atoms with Gasteiger partial charge in [0.1, 0.15) is 0 Å². The minimum Gasteiger partial charge on any atom is -0.342 e. The minimum absolute atomic E-state index is 0.372. The van der Waals surface area contributed by atoms with Gasteiger partial charge >= 0.3 is 0 Å². The SMILES string of the molecule is CCCC1CCC(=O)N(CC(CS)CCC)CC1. The Morgan fingerprint density at radius 2 is 2.11 bits per heavy atom. The van der Waals surface area contributed by atoms with E-state index >= 15 is 0 Å². The molecule has 2 atom stereocenters. The lowest BCUT2D eigenvalue weighted by atomic mass is 9.96. The summed E-state index contributed by atoms with van der Waals surface area (Å²) < 4.78 is 0. The van der Waals surface area contributed by atoms with Gasteiger partial charge in [-0.25, -0.2) is 0 Å². The molecule has 0 aromatic heterocycles. The fourth-order valence-electron chi connectivity index (χ4n) is 2.94. The van der Waals surface area contributed by atoms with E-state index in [-0.39, 0.29) is 0 Å². The number of carbonyl (C=O) groups excluding carboxylic acids is 1. The van der Waals surface area contributed by atoms with Crippen LogP contribution in [0.5, 0.6) is 0 Å². The third kappa shape index (κ3) is 5.21. The lowest BCUT2D eigenvalue weighted by Crippen LogP contribution is -2.35. The van der Waals surface area contributed by atoms with Crippen molar-refractivity contribution in [1.29, 1.82) is 0 Å². The minimum atomic E-state index is 0.372. The van der Waals surface area contributed by atoms with E-state index in [0.717, 1.165) is 37.6 Å². The molecule has 1 heterocycles. The van der Waals surface area contributed by atoms with Gasteiger partial charge in [0.05, 0.1) is 0 Å². The normalized spacial score (nSPS) is 22.9. The molecule has 18 heavy (non-hydrogen) atoms. The molecule has 0 saturated carbocycles. The first kappa shape index (κ1) is 15.9. The summed E-state index contributed by atoms with van der Waals surface area (Å²) >= 11 is 4.42. The van der Waals surface area contributed by atoms with Gasteiger partial charge < -0.3 is 4.90 Å². The van der Waals surface area contributed by atoms with Crippen LogP contribution in [0.2, 0.25) is 0 Å². The standard InChI is InChI=1S/C15H29NOS/c1-3-5-13-7-8-15(17)16(10-9-13)11-14(12-18)6-4-2/h13-14,18H,3-12H2,1-2H3. The van der Waals surface area contributed by atoms with E-state index in [2.05, 4.69) is 31.4 Å². The van der Waals surface area contributed by atoms with Crippen LogP contribution in [0, 0.1) is 11.8 Å². The number of amides is 1. The van der Waals surface area contributed by atoms with Gasteiger partial charge in [0.15, 0.2) is 0 Å². The Hall–Kier alpha value is -0.180. The summed E-state index contributed by atoms with van der Waals surface area (Å²) in [5, 5.41) is 0. The van der Waals surface area contributed by atoms with Crippen LogP contribution in [0.4, 0.5) is 0 Å². The molecule has 0 bridgehead atoms. The number of thiol groups is 1. The summed E-state index contributed by atoms with van der Waals surface area (Å²) in [5.74, 6) is 2.61. The van der Waals surface area contributed by atoms with Crippen molar-refractivity contribution in [3.05, 3.63) is 0 Å². The zero-order chi connectivity index (χ0) is 13.4. The van der Waals surface area contributed by atoms with Crippen molar-refractivity contribution in [2.24, 2.45) is 11.8 Å². The van der Waals surface area contributed by atoms with Crippen molar-refractivity contribution in [3.63, 3.8) is 0 Å². The average Bonchev–Trinajstić information content (AvgIpc) is 2.54. The van der Waals surface area contributed by atoms with Crippen LogP contribution in [0.3, 0.4) is 0 Å². The molecule has 106 valence electrons. The first-order valence-electron chi connectivity index (χ1n) is 7.59. The number of hydrogen-bond donors (Lipinski definition) is 1. The van der Waals surface area contributed by atoms with Crippen LogP contribution in [0.15, 0.2) is 0 Å². The molecular formula is C15H29NOS. The number of nitrogens with zero attached hydrogens (tertiary/aromatic N) is 1. The number of rotatable bonds is 7. The molecule has 1 aliphatic rings. The Morgan fingerprint density at radius 1 is 1.33 bits per heavy atom. The molecule has 1 amide bonds. The second kappa shape index (κ2) is 8.84. The Kier molecular flexibility index (Phi) is 7.80. The first-order chi connectivity index (χ1) is 8.71. The van der Waals surface area contributed by atoms with E-state index in [1.165, 1.54) is 32.1 Å². The quantitative estimate of drug-likeness (QED) is 0.699. The maximum absolute atomic E-state index is 12.1.